The van der Waals surface area contributed by atoms with Gasteiger partial charge in [-0.15, -0.1) is 0 Å². The Bertz CT molecular complexity index is 577. The molecule has 0 saturated heterocycles. The first-order valence-electron chi connectivity index (χ1n) is 6.72. The predicted molar refractivity (Wildman–Crippen MR) is 80.1 cm³/mol. The highest BCUT2D eigenvalue weighted by Crippen LogP contribution is 2.32. The molecule has 1 unspecified atom stereocenters. The van der Waals surface area contributed by atoms with Crippen molar-refractivity contribution in [3.05, 3.63) is 51.8 Å². The van der Waals surface area contributed by atoms with E-state index >= 15 is 0 Å². The second kappa shape index (κ2) is 5.47. The minimum absolute atomic E-state index is 0.510. The molecule has 0 aliphatic heterocycles. The van der Waals surface area contributed by atoms with Gasteiger partial charge in [-0.05, 0) is 42.2 Å². The van der Waals surface area contributed by atoms with Gasteiger partial charge in [-0.3, -0.25) is 4.68 Å². The SMILES string of the molecule is Cn1nccc1CCNC1CCc2cc(Br)ccc21. The monoisotopic (exact) mass is 319 g/mol. The van der Waals surface area contributed by atoms with Gasteiger partial charge in [0.1, 0.15) is 0 Å². The normalized spacial score (nSPS) is 17.7. The molecule has 0 spiro atoms. The van der Waals surface area contributed by atoms with Crippen molar-refractivity contribution in [3.8, 4) is 0 Å². The van der Waals surface area contributed by atoms with Crippen LogP contribution in [0.2, 0.25) is 0 Å². The first kappa shape index (κ1) is 12.9. The van der Waals surface area contributed by atoms with Crippen LogP contribution in [-0.2, 0) is 19.9 Å². The maximum absolute atomic E-state index is 4.20. The molecule has 1 aromatic heterocycles. The zero-order valence-electron chi connectivity index (χ0n) is 11.1. The molecule has 4 heteroatoms. The molecule has 3 nitrogen and oxygen atoms in total. The van der Waals surface area contributed by atoms with Gasteiger partial charge in [0.15, 0.2) is 0 Å². The van der Waals surface area contributed by atoms with Crippen LogP contribution in [0, 0.1) is 0 Å². The fraction of sp³-hybridized carbons (Fsp3) is 0.400. The maximum atomic E-state index is 4.20. The Morgan fingerprint density at radius 1 is 1.42 bits per heavy atom. The summed E-state index contributed by atoms with van der Waals surface area (Å²) in [6, 6.07) is 9.23. The van der Waals surface area contributed by atoms with Crippen molar-refractivity contribution in [2.45, 2.75) is 25.3 Å². The summed E-state index contributed by atoms with van der Waals surface area (Å²) in [5, 5.41) is 7.86. The Morgan fingerprint density at radius 3 is 3.11 bits per heavy atom. The average Bonchev–Trinajstić information content (AvgIpc) is 2.97. The van der Waals surface area contributed by atoms with Crippen molar-refractivity contribution in [1.82, 2.24) is 15.1 Å². The zero-order chi connectivity index (χ0) is 13.2. The molecular formula is C15H18BrN3. The van der Waals surface area contributed by atoms with Crippen molar-refractivity contribution in [2.75, 3.05) is 6.54 Å². The van der Waals surface area contributed by atoms with Gasteiger partial charge in [0.05, 0.1) is 0 Å². The van der Waals surface area contributed by atoms with Crippen LogP contribution in [-0.4, -0.2) is 16.3 Å². The summed E-state index contributed by atoms with van der Waals surface area (Å²) in [5.74, 6) is 0. The number of nitrogens with zero attached hydrogens (tertiary/aromatic N) is 2. The van der Waals surface area contributed by atoms with Gasteiger partial charge >= 0.3 is 0 Å². The highest BCUT2D eigenvalue weighted by molar-refractivity contribution is 9.10. The van der Waals surface area contributed by atoms with E-state index < -0.39 is 0 Å². The number of benzene rings is 1. The Balaban J connectivity index is 1.60. The number of fused-ring (bicyclic) bond motifs is 1. The first-order chi connectivity index (χ1) is 9.24. The number of aryl methyl sites for hydroxylation is 2. The van der Waals surface area contributed by atoms with E-state index in [9.17, 15) is 0 Å². The Kier molecular flexibility index (Phi) is 3.71. The lowest BCUT2D eigenvalue weighted by molar-refractivity contribution is 0.526. The van der Waals surface area contributed by atoms with E-state index in [1.165, 1.54) is 34.1 Å². The third kappa shape index (κ3) is 2.74. The van der Waals surface area contributed by atoms with Crippen LogP contribution in [0.25, 0.3) is 0 Å². The minimum Gasteiger partial charge on any atom is -0.310 e. The Hall–Kier alpha value is -1.13. The van der Waals surface area contributed by atoms with Gasteiger partial charge in [-0.1, -0.05) is 22.0 Å². The first-order valence-corrected chi connectivity index (χ1v) is 7.52. The van der Waals surface area contributed by atoms with Crippen molar-refractivity contribution >= 4 is 15.9 Å². The largest absolute Gasteiger partial charge is 0.310 e. The van der Waals surface area contributed by atoms with E-state index in [0.29, 0.717) is 6.04 Å². The fourth-order valence-corrected chi connectivity index (χ4v) is 3.23. The van der Waals surface area contributed by atoms with Crippen molar-refractivity contribution in [2.24, 2.45) is 7.05 Å². The van der Waals surface area contributed by atoms with E-state index in [2.05, 4.69) is 50.6 Å². The summed E-state index contributed by atoms with van der Waals surface area (Å²) < 4.78 is 3.13. The molecule has 1 heterocycles. The van der Waals surface area contributed by atoms with Crippen molar-refractivity contribution < 1.29 is 0 Å². The molecule has 0 radical (unpaired) electrons. The molecular weight excluding hydrogens is 302 g/mol. The minimum atomic E-state index is 0.510. The summed E-state index contributed by atoms with van der Waals surface area (Å²) in [6.07, 6.45) is 5.27. The summed E-state index contributed by atoms with van der Waals surface area (Å²) in [6.45, 7) is 1.000. The van der Waals surface area contributed by atoms with E-state index in [-0.39, 0.29) is 0 Å². The number of halogens is 1. The Labute approximate surface area is 122 Å². The lowest BCUT2D eigenvalue weighted by atomic mass is 10.1. The van der Waals surface area contributed by atoms with Crippen molar-refractivity contribution in [1.29, 1.82) is 0 Å². The van der Waals surface area contributed by atoms with E-state index in [0.717, 1.165) is 13.0 Å². The molecule has 0 bridgehead atoms. The molecule has 1 N–H and O–H groups in total. The van der Waals surface area contributed by atoms with E-state index in [1.54, 1.807) is 0 Å². The predicted octanol–water partition coefficient (Wildman–Crippen LogP) is 3.00. The fourth-order valence-electron chi connectivity index (χ4n) is 2.82. The topological polar surface area (TPSA) is 29.9 Å². The molecule has 100 valence electrons. The molecule has 1 atom stereocenters. The van der Waals surface area contributed by atoms with E-state index in [4.69, 9.17) is 0 Å². The van der Waals surface area contributed by atoms with Crippen LogP contribution in [0.15, 0.2) is 34.9 Å². The third-order valence-electron chi connectivity index (χ3n) is 3.88. The van der Waals surface area contributed by atoms with Gasteiger partial charge < -0.3 is 5.32 Å². The number of hydrogen-bond donors (Lipinski definition) is 1. The lowest BCUT2D eigenvalue weighted by Gasteiger charge is -2.14. The van der Waals surface area contributed by atoms with Gasteiger partial charge in [0, 0.05) is 42.4 Å². The van der Waals surface area contributed by atoms with Crippen LogP contribution < -0.4 is 5.32 Å². The number of rotatable bonds is 4. The highest BCUT2D eigenvalue weighted by atomic mass is 79.9. The van der Waals surface area contributed by atoms with Crippen LogP contribution in [0.1, 0.15) is 29.3 Å². The van der Waals surface area contributed by atoms with Crippen LogP contribution in [0.5, 0.6) is 0 Å². The van der Waals surface area contributed by atoms with Crippen molar-refractivity contribution in [3.63, 3.8) is 0 Å². The number of hydrogen-bond acceptors (Lipinski definition) is 2. The standard InChI is InChI=1S/C15H18BrN3/c1-19-13(7-9-18-19)6-8-17-15-5-2-11-10-12(16)3-4-14(11)15/h3-4,7,9-10,15,17H,2,5-6,8H2,1H3. The van der Waals surface area contributed by atoms with E-state index in [1.807, 2.05) is 17.9 Å². The third-order valence-corrected chi connectivity index (χ3v) is 4.37. The molecule has 19 heavy (non-hydrogen) atoms. The molecule has 3 rings (SSSR count). The zero-order valence-corrected chi connectivity index (χ0v) is 12.7. The smallest absolute Gasteiger partial charge is 0.0492 e. The molecule has 0 amide bonds. The van der Waals surface area contributed by atoms with Crippen LogP contribution in [0.4, 0.5) is 0 Å². The van der Waals surface area contributed by atoms with Gasteiger partial charge in [-0.2, -0.15) is 5.10 Å². The molecule has 1 aromatic carbocycles. The molecule has 1 aliphatic rings. The average molecular weight is 320 g/mol. The summed E-state index contributed by atoms with van der Waals surface area (Å²) in [5.41, 5.74) is 4.22. The van der Waals surface area contributed by atoms with Crippen LogP contribution in [0.3, 0.4) is 0 Å². The second-order valence-corrected chi connectivity index (χ2v) is 6.00. The molecule has 2 aromatic rings. The molecule has 1 aliphatic carbocycles. The summed E-state index contributed by atoms with van der Waals surface area (Å²) in [7, 11) is 2.00. The Morgan fingerprint density at radius 2 is 2.32 bits per heavy atom. The second-order valence-electron chi connectivity index (χ2n) is 5.08. The van der Waals surface area contributed by atoms with Gasteiger partial charge in [0.25, 0.3) is 0 Å². The highest BCUT2D eigenvalue weighted by Gasteiger charge is 2.21. The molecule has 0 saturated carbocycles. The maximum Gasteiger partial charge on any atom is 0.0492 e. The lowest BCUT2D eigenvalue weighted by Crippen LogP contribution is -2.22. The van der Waals surface area contributed by atoms with Gasteiger partial charge in [-0.25, -0.2) is 0 Å². The quantitative estimate of drug-likeness (QED) is 0.938. The number of nitrogens with one attached hydrogen (secondary N) is 1. The summed E-state index contributed by atoms with van der Waals surface area (Å²) >= 11 is 3.54. The number of aromatic nitrogens is 2. The van der Waals surface area contributed by atoms with Gasteiger partial charge in [0.2, 0.25) is 0 Å². The van der Waals surface area contributed by atoms with Crippen LogP contribution >= 0.6 is 15.9 Å². The summed E-state index contributed by atoms with van der Waals surface area (Å²) in [4.78, 5) is 0. The molecule has 0 fully saturated rings.